The van der Waals surface area contributed by atoms with E-state index in [0.29, 0.717) is 32.1 Å². The second kappa shape index (κ2) is 10.1. The summed E-state index contributed by atoms with van der Waals surface area (Å²) in [5.41, 5.74) is 6.09. The van der Waals surface area contributed by atoms with Crippen LogP contribution in [-0.2, 0) is 0 Å². The third-order valence-electron chi connectivity index (χ3n) is 8.46. The van der Waals surface area contributed by atoms with E-state index < -0.39 is 0 Å². The van der Waals surface area contributed by atoms with Crippen LogP contribution in [0.3, 0.4) is 0 Å². The van der Waals surface area contributed by atoms with Gasteiger partial charge in [-0.1, -0.05) is 31.2 Å². The first-order chi connectivity index (χ1) is 18.1. The summed E-state index contributed by atoms with van der Waals surface area (Å²) in [7, 11) is 0. The van der Waals surface area contributed by atoms with Crippen molar-refractivity contribution in [2.45, 2.75) is 25.7 Å². The number of piperazine rings is 1. The predicted octanol–water partition coefficient (Wildman–Crippen LogP) is 3.90. The number of hydrogen-bond donors (Lipinski definition) is 0. The summed E-state index contributed by atoms with van der Waals surface area (Å²) in [4.78, 5) is 21.3. The van der Waals surface area contributed by atoms with Crippen molar-refractivity contribution in [1.82, 2.24) is 24.3 Å². The molecule has 0 aliphatic carbocycles. The fourth-order valence-electron chi connectivity index (χ4n) is 6.01. The highest BCUT2D eigenvalue weighted by Gasteiger charge is 2.34. The lowest BCUT2D eigenvalue weighted by Gasteiger charge is -2.42. The number of urea groups is 1. The van der Waals surface area contributed by atoms with E-state index in [1.165, 1.54) is 42.6 Å². The van der Waals surface area contributed by atoms with Gasteiger partial charge in [0.05, 0.1) is 23.2 Å². The highest BCUT2D eigenvalue weighted by atomic mass is 16.2. The van der Waals surface area contributed by atoms with Crippen molar-refractivity contribution < 1.29 is 4.79 Å². The molecule has 0 unspecified atom stereocenters. The number of amides is 2. The second-order valence-corrected chi connectivity index (χ2v) is 10.6. The van der Waals surface area contributed by atoms with Crippen molar-refractivity contribution in [2.75, 3.05) is 63.8 Å². The van der Waals surface area contributed by atoms with Crippen LogP contribution in [0, 0.1) is 17.2 Å². The summed E-state index contributed by atoms with van der Waals surface area (Å²) in [6, 6.07) is 15.8. The number of anilines is 1. The standard InChI is InChI=1S/C29H35N7O/c1-2-32-11-8-25(9-12-32)23-3-5-24(6-4-23)26-17-28-27(7-10-31-36(28)21-26)33-13-15-34(16-14-33)29(37)35-19-22(18-30)20-35/h3-7,10,17,21-22,25H,2,8-9,11-16,19-20H2,1H3. The number of fused-ring (bicyclic) bond motifs is 1. The largest absolute Gasteiger partial charge is 0.366 e. The van der Waals surface area contributed by atoms with Crippen LogP contribution < -0.4 is 4.90 Å². The van der Waals surface area contributed by atoms with E-state index in [1.54, 1.807) is 4.90 Å². The number of hydrogen-bond acceptors (Lipinski definition) is 5. The van der Waals surface area contributed by atoms with Crippen molar-refractivity contribution in [3.8, 4) is 17.2 Å². The zero-order valence-corrected chi connectivity index (χ0v) is 21.6. The molecule has 37 heavy (non-hydrogen) atoms. The summed E-state index contributed by atoms with van der Waals surface area (Å²) >= 11 is 0. The van der Waals surface area contributed by atoms with Crippen LogP contribution in [0.25, 0.3) is 16.6 Å². The Bertz CT molecular complexity index is 1290. The topological polar surface area (TPSA) is 71.1 Å². The van der Waals surface area contributed by atoms with Crippen LogP contribution in [0.1, 0.15) is 31.2 Å². The molecule has 0 radical (unpaired) electrons. The molecule has 2 aromatic heterocycles. The van der Waals surface area contributed by atoms with Crippen molar-refractivity contribution in [1.29, 1.82) is 5.26 Å². The second-order valence-electron chi connectivity index (χ2n) is 10.6. The molecule has 3 aromatic rings. The van der Waals surface area contributed by atoms with Gasteiger partial charge in [-0.25, -0.2) is 9.31 Å². The predicted molar refractivity (Wildman–Crippen MR) is 145 cm³/mol. The van der Waals surface area contributed by atoms with Crippen LogP contribution in [0.15, 0.2) is 48.8 Å². The third-order valence-corrected chi connectivity index (χ3v) is 8.46. The van der Waals surface area contributed by atoms with Crippen molar-refractivity contribution in [2.24, 2.45) is 5.92 Å². The minimum atomic E-state index is -0.00544. The summed E-state index contributed by atoms with van der Waals surface area (Å²) in [5, 5.41) is 13.6. The Balaban J connectivity index is 1.13. The van der Waals surface area contributed by atoms with Gasteiger partial charge in [0.25, 0.3) is 0 Å². The molecule has 8 heteroatoms. The smallest absolute Gasteiger partial charge is 0.320 e. The maximum Gasteiger partial charge on any atom is 0.320 e. The molecule has 192 valence electrons. The quantitative estimate of drug-likeness (QED) is 0.547. The fourth-order valence-corrected chi connectivity index (χ4v) is 6.01. The van der Waals surface area contributed by atoms with E-state index in [-0.39, 0.29) is 11.9 Å². The highest BCUT2D eigenvalue weighted by Crippen LogP contribution is 2.32. The normalized spacial score (nSPS) is 19.7. The molecule has 0 saturated carbocycles. The molecule has 3 aliphatic heterocycles. The molecule has 0 N–H and O–H groups in total. The number of carbonyl (C=O) groups excluding carboxylic acids is 1. The lowest BCUT2D eigenvalue weighted by atomic mass is 9.88. The lowest BCUT2D eigenvalue weighted by molar-refractivity contribution is 0.106. The third kappa shape index (κ3) is 4.64. The molecule has 0 atom stereocenters. The van der Waals surface area contributed by atoms with Gasteiger partial charge in [-0.2, -0.15) is 10.4 Å². The van der Waals surface area contributed by atoms with Gasteiger partial charge < -0.3 is 19.6 Å². The van der Waals surface area contributed by atoms with Gasteiger partial charge in [-0.3, -0.25) is 0 Å². The molecule has 3 aliphatic rings. The van der Waals surface area contributed by atoms with E-state index in [4.69, 9.17) is 5.26 Å². The average molecular weight is 498 g/mol. The Morgan fingerprint density at radius 3 is 2.38 bits per heavy atom. The summed E-state index contributed by atoms with van der Waals surface area (Å²) < 4.78 is 1.97. The molecule has 6 rings (SSSR count). The van der Waals surface area contributed by atoms with Gasteiger partial charge in [0.1, 0.15) is 0 Å². The lowest BCUT2D eigenvalue weighted by Crippen LogP contribution is -2.58. The number of nitrogens with zero attached hydrogens (tertiary/aromatic N) is 7. The van der Waals surface area contributed by atoms with Gasteiger partial charge in [0, 0.05) is 57.2 Å². The zero-order valence-electron chi connectivity index (χ0n) is 21.6. The van der Waals surface area contributed by atoms with E-state index in [2.05, 4.69) is 70.5 Å². The minimum Gasteiger partial charge on any atom is -0.366 e. The van der Waals surface area contributed by atoms with Crippen LogP contribution in [0.4, 0.5) is 10.5 Å². The van der Waals surface area contributed by atoms with E-state index >= 15 is 0 Å². The molecule has 0 spiro atoms. The SMILES string of the molecule is CCN1CCC(c2ccc(-c3cc4c(N5CCN(C(=O)N6CC(C#N)C6)CC5)ccnn4c3)cc2)CC1. The molecule has 3 saturated heterocycles. The van der Waals surface area contributed by atoms with Gasteiger partial charge in [-0.15, -0.1) is 0 Å². The van der Waals surface area contributed by atoms with E-state index in [0.717, 1.165) is 30.8 Å². The number of piperidine rings is 1. The van der Waals surface area contributed by atoms with Crippen molar-refractivity contribution in [3.63, 3.8) is 0 Å². The van der Waals surface area contributed by atoms with Gasteiger partial charge in [-0.05, 0) is 61.7 Å². The maximum atomic E-state index is 12.7. The molecule has 5 heterocycles. The van der Waals surface area contributed by atoms with Gasteiger partial charge in [0.15, 0.2) is 0 Å². The Kier molecular flexibility index (Phi) is 6.47. The molecule has 0 bridgehead atoms. The molecule has 3 fully saturated rings. The summed E-state index contributed by atoms with van der Waals surface area (Å²) in [6.07, 6.45) is 6.46. The number of likely N-dealkylation sites (tertiary alicyclic amines) is 2. The van der Waals surface area contributed by atoms with Crippen molar-refractivity contribution >= 4 is 17.2 Å². The molecular formula is C29H35N7O. The first-order valence-corrected chi connectivity index (χ1v) is 13.6. The first-order valence-electron chi connectivity index (χ1n) is 13.6. The first kappa shape index (κ1) is 23.8. The minimum absolute atomic E-state index is 0.00544. The summed E-state index contributed by atoms with van der Waals surface area (Å²) in [5.74, 6) is 0.659. The fraction of sp³-hybridized carbons (Fsp3) is 0.483. The number of benzene rings is 1. The molecule has 1 aromatic carbocycles. The Hall–Kier alpha value is -3.57. The monoisotopic (exact) mass is 497 g/mol. The van der Waals surface area contributed by atoms with E-state index in [1.807, 2.05) is 15.6 Å². The Labute approximate surface area is 218 Å². The maximum absolute atomic E-state index is 12.7. The van der Waals surface area contributed by atoms with Crippen LogP contribution in [-0.4, -0.2) is 89.2 Å². The molecular weight excluding hydrogens is 462 g/mol. The average Bonchev–Trinajstić information content (AvgIpc) is 3.37. The van der Waals surface area contributed by atoms with Crippen LogP contribution >= 0.6 is 0 Å². The van der Waals surface area contributed by atoms with Crippen LogP contribution in [0.5, 0.6) is 0 Å². The number of rotatable bonds is 4. The molecule has 2 amide bonds. The Morgan fingerprint density at radius 1 is 0.973 bits per heavy atom. The molecule has 8 nitrogen and oxygen atoms in total. The number of carbonyl (C=O) groups is 1. The van der Waals surface area contributed by atoms with Gasteiger partial charge >= 0.3 is 6.03 Å². The Morgan fingerprint density at radius 2 is 1.70 bits per heavy atom. The van der Waals surface area contributed by atoms with Crippen LogP contribution in [0.2, 0.25) is 0 Å². The van der Waals surface area contributed by atoms with E-state index in [9.17, 15) is 4.79 Å². The highest BCUT2D eigenvalue weighted by molar-refractivity contribution is 5.80. The van der Waals surface area contributed by atoms with Crippen molar-refractivity contribution in [3.05, 3.63) is 54.4 Å². The summed E-state index contributed by atoms with van der Waals surface area (Å²) in [6.45, 7) is 9.87. The zero-order chi connectivity index (χ0) is 25.4. The number of aromatic nitrogens is 2. The number of nitriles is 1. The van der Waals surface area contributed by atoms with Gasteiger partial charge in [0.2, 0.25) is 0 Å².